The monoisotopic (exact) mass is 316 g/mol. The average molecular weight is 318 g/mol. The highest BCUT2D eigenvalue weighted by atomic mass is 79.9. The van der Waals surface area contributed by atoms with E-state index in [2.05, 4.69) is 33.5 Å². The number of nitrogens with one attached hydrogen (secondary N) is 1. The summed E-state index contributed by atoms with van der Waals surface area (Å²) in [6.07, 6.45) is 0. The summed E-state index contributed by atoms with van der Waals surface area (Å²) in [5, 5.41) is 2.31. The van der Waals surface area contributed by atoms with Gasteiger partial charge in [0.1, 0.15) is 5.02 Å². The van der Waals surface area contributed by atoms with Crippen LogP contribution in [0.15, 0.2) is 10.5 Å². The minimum absolute atomic E-state index is 0.00526. The van der Waals surface area contributed by atoms with Crippen LogP contribution in [0.4, 0.5) is 10.1 Å². The molecule has 0 saturated heterocycles. The molecule has 0 aliphatic rings. The molecule has 0 amide bonds. The molecule has 0 aliphatic carbocycles. The van der Waals surface area contributed by atoms with Crippen LogP contribution >= 0.6 is 51.3 Å². The van der Waals surface area contributed by atoms with Crippen LogP contribution in [0.25, 0.3) is 0 Å². The van der Waals surface area contributed by atoms with Gasteiger partial charge in [0.25, 0.3) is 0 Å². The molecule has 1 rings (SSSR count). The fraction of sp³-hybridized carbons (Fsp3) is 0. The van der Waals surface area contributed by atoms with Crippen LogP contribution in [0.5, 0.6) is 0 Å². The third-order valence-electron chi connectivity index (χ3n) is 1.36. The van der Waals surface area contributed by atoms with E-state index in [1.807, 2.05) is 0 Å². The van der Waals surface area contributed by atoms with E-state index in [1.54, 1.807) is 0 Å². The maximum Gasteiger partial charge on any atom is 0.168 e. The van der Waals surface area contributed by atoms with Crippen molar-refractivity contribution in [1.29, 1.82) is 0 Å². The molecule has 1 aromatic rings. The van der Waals surface area contributed by atoms with E-state index in [9.17, 15) is 4.39 Å². The van der Waals surface area contributed by atoms with E-state index >= 15 is 0 Å². The maximum absolute atomic E-state index is 13.2. The Labute approximate surface area is 104 Å². The zero-order valence-electron chi connectivity index (χ0n) is 6.57. The van der Waals surface area contributed by atoms with Crippen molar-refractivity contribution < 1.29 is 4.39 Å². The Morgan fingerprint density at radius 2 is 2.14 bits per heavy atom. The van der Waals surface area contributed by atoms with Crippen molar-refractivity contribution in [1.82, 2.24) is 0 Å². The number of nitrogens with two attached hydrogens (primary N) is 1. The van der Waals surface area contributed by atoms with Crippen molar-refractivity contribution in [2.45, 2.75) is 0 Å². The van der Waals surface area contributed by atoms with Gasteiger partial charge in [-0.2, -0.15) is 0 Å². The van der Waals surface area contributed by atoms with Crippen LogP contribution in [-0.2, 0) is 0 Å². The number of anilines is 1. The lowest BCUT2D eigenvalue weighted by Crippen LogP contribution is -2.19. The maximum atomic E-state index is 13.2. The predicted octanol–water partition coefficient (Wildman–Crippen LogP) is 3.55. The summed E-state index contributed by atoms with van der Waals surface area (Å²) in [6.45, 7) is 0. The summed E-state index contributed by atoms with van der Waals surface area (Å²) in [7, 11) is 0. The summed E-state index contributed by atoms with van der Waals surface area (Å²) < 4.78 is 13.7. The van der Waals surface area contributed by atoms with Gasteiger partial charge in [0, 0.05) is 4.47 Å². The molecule has 1 aromatic carbocycles. The predicted molar refractivity (Wildman–Crippen MR) is 64.5 cm³/mol. The van der Waals surface area contributed by atoms with Gasteiger partial charge in [-0.3, -0.25) is 0 Å². The van der Waals surface area contributed by atoms with Gasteiger partial charge in [-0.15, -0.1) is 0 Å². The average Bonchev–Trinajstić information content (AvgIpc) is 2.09. The SMILES string of the molecule is NC(=S)Nc1c(Br)cc(Cl)c(F)c1Cl. The van der Waals surface area contributed by atoms with Crippen molar-refractivity contribution in [3.8, 4) is 0 Å². The Hall–Kier alpha value is -0.100. The van der Waals surface area contributed by atoms with E-state index in [-0.39, 0.29) is 20.8 Å². The molecule has 0 radical (unpaired) electrons. The zero-order chi connectivity index (χ0) is 10.9. The number of rotatable bonds is 1. The molecule has 0 aliphatic heterocycles. The molecule has 3 N–H and O–H groups in total. The normalized spacial score (nSPS) is 10.0. The molecule has 0 bridgehead atoms. The number of halogens is 4. The second-order valence-electron chi connectivity index (χ2n) is 2.33. The highest BCUT2D eigenvalue weighted by molar-refractivity contribution is 9.10. The van der Waals surface area contributed by atoms with Gasteiger partial charge in [-0.1, -0.05) is 23.2 Å². The molecule has 0 aromatic heterocycles. The van der Waals surface area contributed by atoms with E-state index in [0.29, 0.717) is 4.47 Å². The Morgan fingerprint density at radius 3 is 2.64 bits per heavy atom. The molecule has 0 saturated carbocycles. The number of hydrogen-bond acceptors (Lipinski definition) is 1. The molecule has 2 nitrogen and oxygen atoms in total. The molecule has 0 fully saturated rings. The van der Waals surface area contributed by atoms with Gasteiger partial charge < -0.3 is 11.1 Å². The summed E-state index contributed by atoms with van der Waals surface area (Å²) in [4.78, 5) is 0. The molecule has 0 heterocycles. The molecule has 14 heavy (non-hydrogen) atoms. The van der Waals surface area contributed by atoms with Crippen LogP contribution in [0.1, 0.15) is 0 Å². The highest BCUT2D eigenvalue weighted by Crippen LogP contribution is 2.36. The summed E-state index contributed by atoms with van der Waals surface area (Å²) >= 11 is 19.0. The summed E-state index contributed by atoms with van der Waals surface area (Å²) in [5.74, 6) is -0.713. The molecular formula is C7H4BrCl2FN2S. The molecule has 0 atom stereocenters. The quantitative estimate of drug-likeness (QED) is 0.472. The van der Waals surface area contributed by atoms with Gasteiger partial charge in [-0.05, 0) is 34.2 Å². The van der Waals surface area contributed by atoms with Crippen LogP contribution in [0, 0.1) is 5.82 Å². The van der Waals surface area contributed by atoms with Crippen molar-refractivity contribution >= 4 is 62.1 Å². The number of benzene rings is 1. The smallest absolute Gasteiger partial charge is 0.168 e. The summed E-state index contributed by atoms with van der Waals surface area (Å²) in [6, 6.07) is 1.36. The molecule has 0 unspecified atom stereocenters. The Bertz CT molecular complexity index is 400. The van der Waals surface area contributed by atoms with Crippen LogP contribution < -0.4 is 11.1 Å². The van der Waals surface area contributed by atoms with Gasteiger partial charge in [0.05, 0.1) is 10.7 Å². The molecule has 76 valence electrons. The lowest BCUT2D eigenvalue weighted by atomic mass is 10.3. The minimum atomic E-state index is -0.713. The lowest BCUT2D eigenvalue weighted by Gasteiger charge is -2.10. The molecular weight excluding hydrogens is 314 g/mol. The first-order valence-corrected chi connectivity index (χ1v) is 5.28. The van der Waals surface area contributed by atoms with Gasteiger partial charge in [0.15, 0.2) is 10.9 Å². The standard InChI is InChI=1S/C7H4BrCl2FN2S/c8-2-1-3(9)5(11)4(10)6(2)13-7(12)14/h1H,(H3,12,13,14). The first kappa shape index (κ1) is 12.0. The Balaban J connectivity index is 3.29. The Kier molecular flexibility index (Phi) is 3.94. The largest absolute Gasteiger partial charge is 0.376 e. The third kappa shape index (κ3) is 2.48. The van der Waals surface area contributed by atoms with Gasteiger partial charge in [-0.25, -0.2) is 4.39 Å². The zero-order valence-corrected chi connectivity index (χ0v) is 10.5. The van der Waals surface area contributed by atoms with Crippen LogP contribution in [0.3, 0.4) is 0 Å². The van der Waals surface area contributed by atoms with Crippen LogP contribution in [-0.4, -0.2) is 5.11 Å². The van der Waals surface area contributed by atoms with E-state index in [4.69, 9.17) is 28.9 Å². The van der Waals surface area contributed by atoms with E-state index < -0.39 is 5.82 Å². The first-order chi connectivity index (χ1) is 6.43. The van der Waals surface area contributed by atoms with Gasteiger partial charge >= 0.3 is 0 Å². The van der Waals surface area contributed by atoms with E-state index in [0.717, 1.165) is 0 Å². The second kappa shape index (κ2) is 4.61. The second-order valence-corrected chi connectivity index (χ2v) is 4.41. The topological polar surface area (TPSA) is 38.0 Å². The minimum Gasteiger partial charge on any atom is -0.376 e. The van der Waals surface area contributed by atoms with Crippen molar-refractivity contribution in [3.05, 3.63) is 26.4 Å². The molecule has 7 heteroatoms. The van der Waals surface area contributed by atoms with Crippen LogP contribution in [0.2, 0.25) is 10.0 Å². The number of hydrogen-bond donors (Lipinski definition) is 2. The Morgan fingerprint density at radius 1 is 1.57 bits per heavy atom. The van der Waals surface area contributed by atoms with Crippen molar-refractivity contribution in [2.75, 3.05) is 5.32 Å². The fourth-order valence-corrected chi connectivity index (χ4v) is 2.18. The van der Waals surface area contributed by atoms with Crippen molar-refractivity contribution in [3.63, 3.8) is 0 Å². The molecule has 0 spiro atoms. The first-order valence-electron chi connectivity index (χ1n) is 3.33. The fourth-order valence-electron chi connectivity index (χ4n) is 0.804. The van der Waals surface area contributed by atoms with Gasteiger partial charge in [0.2, 0.25) is 0 Å². The number of thiocarbonyl (C=S) groups is 1. The van der Waals surface area contributed by atoms with Crippen molar-refractivity contribution in [2.24, 2.45) is 5.73 Å². The lowest BCUT2D eigenvalue weighted by molar-refractivity contribution is 0.629. The van der Waals surface area contributed by atoms with E-state index in [1.165, 1.54) is 6.07 Å². The third-order valence-corrected chi connectivity index (χ3v) is 2.72. The summed E-state index contributed by atoms with van der Waals surface area (Å²) in [5.41, 5.74) is 5.50. The highest BCUT2D eigenvalue weighted by Gasteiger charge is 2.14.